The summed E-state index contributed by atoms with van der Waals surface area (Å²) in [5.41, 5.74) is 0.899. The van der Waals surface area contributed by atoms with Crippen LogP contribution in [-0.2, 0) is 0 Å². The first kappa shape index (κ1) is 13.6. The van der Waals surface area contributed by atoms with E-state index < -0.39 is 11.0 Å². The molecule has 0 bridgehead atoms. The summed E-state index contributed by atoms with van der Waals surface area (Å²) in [7, 11) is 0. The van der Waals surface area contributed by atoms with Gasteiger partial charge < -0.3 is 5.11 Å². The van der Waals surface area contributed by atoms with E-state index in [0.717, 1.165) is 0 Å². The van der Waals surface area contributed by atoms with Crippen LogP contribution in [0.4, 0.5) is 5.69 Å². The first-order chi connectivity index (χ1) is 9.02. The Morgan fingerprint density at radius 2 is 2.32 bits per heavy atom. The second-order valence-electron chi connectivity index (χ2n) is 3.90. The molecule has 0 aliphatic heterocycles. The Morgan fingerprint density at radius 3 is 2.95 bits per heavy atom. The van der Waals surface area contributed by atoms with Gasteiger partial charge in [-0.25, -0.2) is 4.68 Å². The van der Waals surface area contributed by atoms with Crippen LogP contribution in [0.2, 0.25) is 0 Å². The second kappa shape index (κ2) is 5.45. The fraction of sp³-hybridized carbons (Fsp3) is 0.273. The van der Waals surface area contributed by atoms with Gasteiger partial charge in [0.15, 0.2) is 0 Å². The van der Waals surface area contributed by atoms with Crippen molar-refractivity contribution < 1.29 is 10.0 Å². The Labute approximate surface area is 117 Å². The smallest absolute Gasteiger partial charge is 0.285 e. The molecular weight excluding hydrogens is 316 g/mol. The van der Waals surface area contributed by atoms with Crippen LogP contribution in [-0.4, -0.2) is 25.0 Å². The van der Waals surface area contributed by atoms with Gasteiger partial charge in [0.25, 0.3) is 5.69 Å². The lowest BCUT2D eigenvalue weighted by Gasteiger charge is -2.02. The molecule has 0 aliphatic rings. The van der Waals surface area contributed by atoms with Crippen LogP contribution in [0.1, 0.15) is 25.1 Å². The van der Waals surface area contributed by atoms with Crippen LogP contribution in [0.15, 0.2) is 28.9 Å². The molecule has 1 atom stereocenters. The zero-order valence-electron chi connectivity index (χ0n) is 10.0. The van der Waals surface area contributed by atoms with Gasteiger partial charge in [-0.1, -0.05) is 12.1 Å². The number of rotatable bonds is 4. The Bertz CT molecular complexity index is 614. The van der Waals surface area contributed by atoms with Gasteiger partial charge in [0, 0.05) is 6.07 Å². The summed E-state index contributed by atoms with van der Waals surface area (Å²) in [5.74, 6) is 0. The summed E-state index contributed by atoms with van der Waals surface area (Å²) in [5, 5.41) is 28.2. The molecule has 19 heavy (non-hydrogen) atoms. The molecule has 1 heterocycles. The molecule has 7 nitrogen and oxygen atoms in total. The van der Waals surface area contributed by atoms with E-state index in [1.807, 2.05) is 6.92 Å². The highest BCUT2D eigenvalue weighted by atomic mass is 79.9. The van der Waals surface area contributed by atoms with Gasteiger partial charge >= 0.3 is 0 Å². The Morgan fingerprint density at radius 1 is 1.58 bits per heavy atom. The predicted molar refractivity (Wildman–Crippen MR) is 71.0 cm³/mol. The van der Waals surface area contributed by atoms with E-state index in [2.05, 4.69) is 26.2 Å². The van der Waals surface area contributed by atoms with Crippen molar-refractivity contribution in [1.82, 2.24) is 15.0 Å². The number of aliphatic hydroxyl groups is 1. The third kappa shape index (κ3) is 2.79. The number of benzene rings is 1. The normalized spacial score (nSPS) is 12.4. The number of aliphatic hydroxyl groups excluding tert-OH is 1. The van der Waals surface area contributed by atoms with Crippen molar-refractivity contribution in [2.45, 2.75) is 19.4 Å². The number of hydrogen-bond acceptors (Lipinski definition) is 5. The average Bonchev–Trinajstić information content (AvgIpc) is 2.87. The number of halogens is 1. The molecule has 0 amide bonds. The van der Waals surface area contributed by atoms with Crippen LogP contribution in [0.3, 0.4) is 0 Å². The number of aromatic nitrogens is 3. The second-order valence-corrected chi connectivity index (χ2v) is 4.76. The van der Waals surface area contributed by atoms with Gasteiger partial charge in [-0.05, 0) is 34.5 Å². The molecule has 0 spiro atoms. The Hall–Kier alpha value is -1.80. The minimum atomic E-state index is -0.681. The Balaban J connectivity index is 2.39. The van der Waals surface area contributed by atoms with E-state index >= 15 is 0 Å². The molecule has 1 unspecified atom stereocenters. The van der Waals surface area contributed by atoms with Gasteiger partial charge in [-0.2, -0.15) is 0 Å². The highest BCUT2D eigenvalue weighted by molar-refractivity contribution is 9.10. The van der Waals surface area contributed by atoms with Crippen LogP contribution < -0.4 is 0 Å². The lowest BCUT2D eigenvalue weighted by atomic mass is 10.2. The highest BCUT2D eigenvalue weighted by Gasteiger charge is 2.15. The highest BCUT2D eigenvalue weighted by Crippen LogP contribution is 2.27. The molecule has 100 valence electrons. The lowest BCUT2D eigenvalue weighted by molar-refractivity contribution is -0.385. The fourth-order valence-corrected chi connectivity index (χ4v) is 1.94. The molecule has 2 rings (SSSR count). The van der Waals surface area contributed by atoms with Crippen molar-refractivity contribution in [3.05, 3.63) is 44.7 Å². The summed E-state index contributed by atoms with van der Waals surface area (Å²) in [6.45, 7) is 1.83. The molecule has 0 saturated carbocycles. The van der Waals surface area contributed by atoms with Gasteiger partial charge in [0.2, 0.25) is 0 Å². The molecule has 0 saturated heterocycles. The molecule has 1 N–H and O–H groups in total. The van der Waals surface area contributed by atoms with E-state index in [1.165, 1.54) is 10.7 Å². The number of nitrogens with zero attached hydrogens (tertiary/aromatic N) is 4. The topological polar surface area (TPSA) is 94.1 Å². The summed E-state index contributed by atoms with van der Waals surface area (Å²) >= 11 is 3.12. The maximum Gasteiger partial charge on any atom is 0.285 e. The first-order valence-corrected chi connectivity index (χ1v) is 6.37. The van der Waals surface area contributed by atoms with E-state index in [9.17, 15) is 15.2 Å². The first-order valence-electron chi connectivity index (χ1n) is 5.57. The molecule has 0 radical (unpaired) electrons. The summed E-state index contributed by atoms with van der Waals surface area (Å²) < 4.78 is 1.79. The monoisotopic (exact) mass is 326 g/mol. The molecule has 8 heteroatoms. The summed E-state index contributed by atoms with van der Waals surface area (Å²) in [4.78, 5) is 10.4. The zero-order valence-corrected chi connectivity index (χ0v) is 11.6. The van der Waals surface area contributed by atoms with E-state index in [0.29, 0.717) is 22.3 Å². The van der Waals surface area contributed by atoms with Crippen molar-refractivity contribution in [2.75, 3.05) is 0 Å². The quantitative estimate of drug-likeness (QED) is 0.687. The van der Waals surface area contributed by atoms with Gasteiger partial charge in [-0.3, -0.25) is 10.1 Å². The van der Waals surface area contributed by atoms with E-state index in [-0.39, 0.29) is 5.69 Å². The van der Waals surface area contributed by atoms with Crippen molar-refractivity contribution in [1.29, 1.82) is 0 Å². The number of hydrogen-bond donors (Lipinski definition) is 1. The molecule has 2 aromatic rings. The Kier molecular flexibility index (Phi) is 3.91. The maximum absolute atomic E-state index is 10.9. The average molecular weight is 327 g/mol. The minimum absolute atomic E-state index is 0.0504. The molecule has 0 aliphatic carbocycles. The standard InChI is InChI=1S/C11H11BrN4O3/c1-2-11(17)9-6-15(14-13-9)7-3-4-8(12)10(5-7)16(18)19/h3-6,11,17H,2H2,1H3. The van der Waals surface area contributed by atoms with Gasteiger partial charge in [-0.15, -0.1) is 5.10 Å². The predicted octanol–water partition coefficient (Wildman–Crippen LogP) is 2.38. The molecule has 0 fully saturated rings. The number of nitro groups is 1. The van der Waals surface area contributed by atoms with Crippen LogP contribution in [0, 0.1) is 10.1 Å². The SMILES string of the molecule is CCC(O)c1cn(-c2ccc(Br)c([N+](=O)[O-])c2)nn1. The fourth-order valence-electron chi connectivity index (χ4n) is 1.55. The van der Waals surface area contributed by atoms with Crippen molar-refractivity contribution in [2.24, 2.45) is 0 Å². The molecule has 1 aromatic carbocycles. The van der Waals surface area contributed by atoms with Gasteiger partial charge in [0.1, 0.15) is 5.69 Å². The van der Waals surface area contributed by atoms with E-state index in [1.54, 1.807) is 18.3 Å². The molecule has 1 aromatic heterocycles. The third-order valence-corrected chi connectivity index (χ3v) is 3.30. The van der Waals surface area contributed by atoms with Gasteiger partial charge in [0.05, 0.1) is 27.4 Å². The summed E-state index contributed by atoms with van der Waals surface area (Å²) in [6, 6.07) is 4.64. The number of nitro benzene ring substituents is 1. The molecular formula is C11H11BrN4O3. The zero-order chi connectivity index (χ0) is 14.0. The van der Waals surface area contributed by atoms with Crippen LogP contribution in [0.5, 0.6) is 0 Å². The van der Waals surface area contributed by atoms with Crippen LogP contribution in [0.25, 0.3) is 5.69 Å². The summed E-state index contributed by atoms with van der Waals surface area (Å²) in [6.07, 6.45) is 1.40. The lowest BCUT2D eigenvalue weighted by Crippen LogP contribution is -1.97. The third-order valence-electron chi connectivity index (χ3n) is 2.63. The minimum Gasteiger partial charge on any atom is -0.387 e. The van der Waals surface area contributed by atoms with Crippen molar-refractivity contribution >= 4 is 21.6 Å². The maximum atomic E-state index is 10.9. The van der Waals surface area contributed by atoms with E-state index in [4.69, 9.17) is 0 Å². The van der Waals surface area contributed by atoms with Crippen molar-refractivity contribution in [3.8, 4) is 5.69 Å². The largest absolute Gasteiger partial charge is 0.387 e. The van der Waals surface area contributed by atoms with Crippen LogP contribution >= 0.6 is 15.9 Å². The van der Waals surface area contributed by atoms with Crippen molar-refractivity contribution in [3.63, 3.8) is 0 Å².